The van der Waals surface area contributed by atoms with E-state index < -0.39 is 0 Å². The third kappa shape index (κ3) is 2.93. The Labute approximate surface area is 158 Å². The van der Waals surface area contributed by atoms with Crippen LogP contribution >= 0.6 is 23.1 Å². The molecular formula is C17H16N6OS2. The lowest BCUT2D eigenvalue weighted by atomic mass is 10.2. The molecule has 0 saturated carbocycles. The Hall–Kier alpha value is -2.52. The Morgan fingerprint density at radius 2 is 1.85 bits per heavy atom. The maximum atomic E-state index is 5.21. The number of tetrazole rings is 1. The molecule has 0 amide bonds. The van der Waals surface area contributed by atoms with Crippen molar-refractivity contribution in [2.75, 3.05) is 7.11 Å². The van der Waals surface area contributed by atoms with Crippen LogP contribution in [0.25, 0.3) is 15.9 Å². The standard InChI is InChI=1S/C17H16N6OS2/c1-9-10(2)25-15-14(9)16(19-11(3)18-15)26-17-20-21-22-23(17)12-5-7-13(24-4)8-6-12/h5-8H,1-4H3. The lowest BCUT2D eigenvalue weighted by molar-refractivity contribution is 0.414. The number of benzene rings is 1. The summed E-state index contributed by atoms with van der Waals surface area (Å²) in [5, 5.41) is 14.7. The SMILES string of the molecule is COc1ccc(-n2nnnc2Sc2nc(C)nc3sc(C)c(C)c23)cc1. The van der Waals surface area contributed by atoms with E-state index in [4.69, 9.17) is 4.74 Å². The van der Waals surface area contributed by atoms with Crippen LogP contribution in [0.1, 0.15) is 16.3 Å². The highest BCUT2D eigenvalue weighted by Crippen LogP contribution is 2.37. The zero-order valence-corrected chi connectivity index (χ0v) is 16.4. The van der Waals surface area contributed by atoms with Crippen LogP contribution in [0.2, 0.25) is 0 Å². The summed E-state index contributed by atoms with van der Waals surface area (Å²) in [4.78, 5) is 11.5. The van der Waals surface area contributed by atoms with E-state index in [-0.39, 0.29) is 0 Å². The first-order valence-corrected chi connectivity index (χ1v) is 9.55. The molecule has 0 bridgehead atoms. The number of hydrogen-bond acceptors (Lipinski definition) is 8. The number of fused-ring (bicyclic) bond motifs is 1. The summed E-state index contributed by atoms with van der Waals surface area (Å²) in [7, 11) is 1.64. The van der Waals surface area contributed by atoms with Crippen LogP contribution in [0.15, 0.2) is 34.4 Å². The van der Waals surface area contributed by atoms with Crippen molar-refractivity contribution >= 4 is 33.3 Å². The van der Waals surface area contributed by atoms with Crippen LogP contribution in [0.3, 0.4) is 0 Å². The molecule has 3 heterocycles. The Kier molecular flexibility index (Phi) is 4.33. The first-order valence-electron chi connectivity index (χ1n) is 7.92. The number of thiophene rings is 1. The molecule has 3 aromatic heterocycles. The van der Waals surface area contributed by atoms with Gasteiger partial charge in [0, 0.05) is 10.3 Å². The molecule has 1 aromatic carbocycles. The Bertz CT molecular complexity index is 1090. The Morgan fingerprint density at radius 3 is 2.58 bits per heavy atom. The van der Waals surface area contributed by atoms with Gasteiger partial charge in [-0.2, -0.15) is 4.68 Å². The quantitative estimate of drug-likeness (QED) is 0.496. The van der Waals surface area contributed by atoms with Gasteiger partial charge in [-0.3, -0.25) is 0 Å². The van der Waals surface area contributed by atoms with Crippen molar-refractivity contribution in [1.82, 2.24) is 30.2 Å². The first-order chi connectivity index (χ1) is 12.6. The summed E-state index contributed by atoms with van der Waals surface area (Å²) in [5.74, 6) is 1.53. The second kappa shape index (κ2) is 6.65. The highest BCUT2D eigenvalue weighted by molar-refractivity contribution is 7.99. The maximum Gasteiger partial charge on any atom is 0.220 e. The van der Waals surface area contributed by atoms with Crippen LogP contribution in [0, 0.1) is 20.8 Å². The van der Waals surface area contributed by atoms with Gasteiger partial charge in [-0.05, 0) is 72.8 Å². The number of rotatable bonds is 4. The van der Waals surface area contributed by atoms with Gasteiger partial charge >= 0.3 is 0 Å². The summed E-state index contributed by atoms with van der Waals surface area (Å²) in [6, 6.07) is 7.59. The second-order valence-corrected chi connectivity index (χ2v) is 7.87. The van der Waals surface area contributed by atoms with Crippen molar-refractivity contribution in [3.05, 3.63) is 40.5 Å². The molecule has 0 radical (unpaired) electrons. The highest BCUT2D eigenvalue weighted by atomic mass is 32.2. The molecule has 132 valence electrons. The molecule has 0 aliphatic carbocycles. The number of nitrogens with zero attached hydrogens (tertiary/aromatic N) is 6. The summed E-state index contributed by atoms with van der Waals surface area (Å²) < 4.78 is 6.90. The molecule has 0 aliphatic rings. The van der Waals surface area contributed by atoms with E-state index in [1.807, 2.05) is 31.2 Å². The van der Waals surface area contributed by atoms with E-state index in [2.05, 4.69) is 39.3 Å². The van der Waals surface area contributed by atoms with Crippen molar-refractivity contribution in [2.24, 2.45) is 0 Å². The monoisotopic (exact) mass is 384 g/mol. The predicted molar refractivity (Wildman–Crippen MR) is 101 cm³/mol. The average molecular weight is 384 g/mol. The van der Waals surface area contributed by atoms with Crippen molar-refractivity contribution in [1.29, 1.82) is 0 Å². The molecule has 0 fully saturated rings. The minimum Gasteiger partial charge on any atom is -0.497 e. The zero-order chi connectivity index (χ0) is 18.3. The third-order valence-corrected chi connectivity index (χ3v) is 6.08. The fourth-order valence-electron chi connectivity index (χ4n) is 2.60. The molecule has 0 unspecified atom stereocenters. The number of aromatic nitrogens is 6. The van der Waals surface area contributed by atoms with Gasteiger partial charge in [-0.25, -0.2) is 9.97 Å². The van der Waals surface area contributed by atoms with Gasteiger partial charge in [-0.1, -0.05) is 0 Å². The van der Waals surface area contributed by atoms with E-state index >= 15 is 0 Å². The number of methoxy groups -OCH3 is 1. The van der Waals surface area contributed by atoms with Crippen LogP contribution in [-0.4, -0.2) is 37.3 Å². The van der Waals surface area contributed by atoms with Crippen molar-refractivity contribution in [3.63, 3.8) is 0 Å². The number of aryl methyl sites for hydroxylation is 3. The van der Waals surface area contributed by atoms with Gasteiger partial charge in [0.05, 0.1) is 12.8 Å². The Morgan fingerprint density at radius 1 is 1.08 bits per heavy atom. The molecule has 0 atom stereocenters. The summed E-state index contributed by atoms with van der Waals surface area (Å²) in [5.41, 5.74) is 2.06. The van der Waals surface area contributed by atoms with Gasteiger partial charge in [0.15, 0.2) is 0 Å². The lowest BCUT2D eigenvalue weighted by Crippen LogP contribution is -2.00. The topological polar surface area (TPSA) is 78.6 Å². The fraction of sp³-hybridized carbons (Fsp3) is 0.235. The van der Waals surface area contributed by atoms with Crippen molar-refractivity contribution in [3.8, 4) is 11.4 Å². The average Bonchev–Trinajstić information content (AvgIpc) is 3.19. The van der Waals surface area contributed by atoms with Crippen molar-refractivity contribution in [2.45, 2.75) is 31.0 Å². The van der Waals surface area contributed by atoms with Crippen molar-refractivity contribution < 1.29 is 4.74 Å². The summed E-state index contributed by atoms with van der Waals surface area (Å²) in [6.45, 7) is 6.11. The van der Waals surface area contributed by atoms with Crippen LogP contribution in [-0.2, 0) is 0 Å². The normalized spacial score (nSPS) is 11.2. The molecule has 4 aromatic rings. The van der Waals surface area contributed by atoms with E-state index in [1.165, 1.54) is 22.2 Å². The van der Waals surface area contributed by atoms with E-state index in [0.717, 1.165) is 32.5 Å². The van der Waals surface area contributed by atoms with Gasteiger partial charge in [0.1, 0.15) is 21.4 Å². The molecule has 0 aliphatic heterocycles. The zero-order valence-electron chi connectivity index (χ0n) is 14.7. The van der Waals surface area contributed by atoms with Gasteiger partial charge in [0.2, 0.25) is 5.16 Å². The van der Waals surface area contributed by atoms with E-state index in [0.29, 0.717) is 5.16 Å². The van der Waals surface area contributed by atoms with Gasteiger partial charge in [0.25, 0.3) is 0 Å². The molecular weight excluding hydrogens is 368 g/mol. The molecule has 26 heavy (non-hydrogen) atoms. The first kappa shape index (κ1) is 16.9. The summed E-state index contributed by atoms with van der Waals surface area (Å²) >= 11 is 3.14. The van der Waals surface area contributed by atoms with Gasteiger partial charge < -0.3 is 4.74 Å². The smallest absolute Gasteiger partial charge is 0.220 e. The molecule has 9 heteroatoms. The molecule has 4 rings (SSSR count). The fourth-order valence-corrected chi connectivity index (χ4v) is 4.75. The minimum absolute atomic E-state index is 0.651. The second-order valence-electron chi connectivity index (χ2n) is 5.71. The molecule has 0 N–H and O–H groups in total. The predicted octanol–water partition coefficient (Wildman–Crippen LogP) is 3.75. The van der Waals surface area contributed by atoms with Crippen LogP contribution in [0.4, 0.5) is 0 Å². The summed E-state index contributed by atoms with van der Waals surface area (Å²) in [6.07, 6.45) is 0. The minimum atomic E-state index is 0.651. The largest absolute Gasteiger partial charge is 0.497 e. The van der Waals surface area contributed by atoms with E-state index in [1.54, 1.807) is 23.1 Å². The lowest BCUT2D eigenvalue weighted by Gasteiger charge is -2.07. The maximum absolute atomic E-state index is 5.21. The molecule has 0 saturated heterocycles. The molecule has 7 nitrogen and oxygen atoms in total. The van der Waals surface area contributed by atoms with E-state index in [9.17, 15) is 0 Å². The van der Waals surface area contributed by atoms with Crippen LogP contribution in [0.5, 0.6) is 5.75 Å². The third-order valence-electron chi connectivity index (χ3n) is 4.05. The van der Waals surface area contributed by atoms with Gasteiger partial charge in [-0.15, -0.1) is 16.4 Å². The highest BCUT2D eigenvalue weighted by Gasteiger charge is 2.18. The number of ether oxygens (including phenoxy) is 1. The Balaban J connectivity index is 1.77. The molecule has 0 spiro atoms. The number of hydrogen-bond donors (Lipinski definition) is 0. The van der Waals surface area contributed by atoms with Crippen LogP contribution < -0.4 is 4.74 Å².